The van der Waals surface area contributed by atoms with Crippen LogP contribution in [0.2, 0.25) is 0 Å². The van der Waals surface area contributed by atoms with E-state index in [4.69, 9.17) is 0 Å². The first kappa shape index (κ1) is 12.7. The number of benzene rings is 2. The first-order chi connectivity index (χ1) is 10.0. The van der Waals surface area contributed by atoms with Crippen LogP contribution in [0.25, 0.3) is 21.7 Å². The number of hydrogen-bond acceptors (Lipinski definition) is 5. The van der Waals surface area contributed by atoms with Crippen molar-refractivity contribution in [3.8, 4) is 0 Å². The molecule has 0 unspecified atom stereocenters. The highest BCUT2D eigenvalue weighted by atomic mass is 16.6. The Morgan fingerprint density at radius 1 is 1.00 bits per heavy atom. The summed E-state index contributed by atoms with van der Waals surface area (Å²) in [6.07, 6.45) is 1.55. The number of aromatic nitrogens is 1. The van der Waals surface area contributed by atoms with Gasteiger partial charge in [-0.25, -0.2) is 0 Å². The molecule has 8 nitrogen and oxygen atoms in total. The molecule has 0 radical (unpaired) electrons. The minimum absolute atomic E-state index is 0.0472. The highest BCUT2D eigenvalue weighted by Crippen LogP contribution is 2.30. The van der Waals surface area contributed by atoms with Gasteiger partial charge in [-0.05, 0) is 17.5 Å². The van der Waals surface area contributed by atoms with Gasteiger partial charge in [0.25, 0.3) is 11.1 Å². The summed E-state index contributed by atoms with van der Waals surface area (Å²) in [6, 6.07) is 7.15. The summed E-state index contributed by atoms with van der Waals surface area (Å²) in [6.45, 7) is 0. The molecule has 0 aliphatic rings. The van der Waals surface area contributed by atoms with Gasteiger partial charge >= 0.3 is 5.69 Å². The van der Waals surface area contributed by atoms with Crippen LogP contribution in [0.5, 0.6) is 0 Å². The minimum atomic E-state index is -0.906. The molecule has 0 saturated heterocycles. The van der Waals surface area contributed by atoms with E-state index in [1.54, 1.807) is 24.4 Å². The van der Waals surface area contributed by atoms with E-state index in [0.29, 0.717) is 17.0 Å². The standard InChI is InChI=1S/C13H7N3O5/c17-13-10(16(20)21)6-9(15(18)19)8-4-3-7-2-1-5-14-12(7)11(8)13/h1-6,14H. The summed E-state index contributed by atoms with van der Waals surface area (Å²) >= 11 is 0. The van der Waals surface area contributed by atoms with Crippen LogP contribution in [0, 0.1) is 20.2 Å². The van der Waals surface area contributed by atoms with Crippen molar-refractivity contribution in [2.24, 2.45) is 0 Å². The fraction of sp³-hybridized carbons (Fsp3) is 0. The lowest BCUT2D eigenvalue weighted by Crippen LogP contribution is -2.10. The van der Waals surface area contributed by atoms with Crippen LogP contribution in [0.4, 0.5) is 11.4 Å². The predicted octanol–water partition coefficient (Wildman–Crippen LogP) is 2.50. The third-order valence-electron chi connectivity index (χ3n) is 3.24. The topological polar surface area (TPSA) is 119 Å². The highest BCUT2D eigenvalue weighted by Gasteiger charge is 2.25. The second-order valence-corrected chi connectivity index (χ2v) is 4.38. The first-order valence-corrected chi connectivity index (χ1v) is 5.86. The number of pyridine rings is 1. The number of fused-ring (bicyclic) bond motifs is 3. The average Bonchev–Trinajstić information content (AvgIpc) is 2.46. The molecule has 0 fully saturated rings. The Morgan fingerprint density at radius 2 is 1.71 bits per heavy atom. The molecule has 0 bridgehead atoms. The Hall–Kier alpha value is -3.29. The first-order valence-electron chi connectivity index (χ1n) is 5.86. The maximum Gasteiger partial charge on any atom is 0.323 e. The molecule has 0 atom stereocenters. The van der Waals surface area contributed by atoms with Crippen LogP contribution in [-0.2, 0) is 0 Å². The number of hydrogen-bond donors (Lipinski definition) is 1. The molecule has 1 aromatic heterocycles. The molecule has 8 heteroatoms. The van der Waals surface area contributed by atoms with Gasteiger partial charge in [-0.3, -0.25) is 25.0 Å². The van der Waals surface area contributed by atoms with E-state index in [1.165, 1.54) is 6.07 Å². The average molecular weight is 285 g/mol. The Morgan fingerprint density at radius 3 is 2.38 bits per heavy atom. The van der Waals surface area contributed by atoms with Crippen LogP contribution in [0.3, 0.4) is 0 Å². The molecule has 0 amide bonds. The lowest BCUT2D eigenvalue weighted by molar-refractivity contribution is -0.393. The van der Waals surface area contributed by atoms with E-state index in [2.05, 4.69) is 4.98 Å². The molecular weight excluding hydrogens is 278 g/mol. The van der Waals surface area contributed by atoms with E-state index < -0.39 is 26.7 Å². The van der Waals surface area contributed by atoms with Crippen LogP contribution in [-0.4, -0.2) is 14.8 Å². The SMILES string of the molecule is O=c1c([N+](=O)[O-])cc([N+](=O)[O-])c2ccc3ccc[nH]c3c12. The van der Waals surface area contributed by atoms with E-state index >= 15 is 0 Å². The fourth-order valence-electron chi connectivity index (χ4n) is 2.33. The summed E-state index contributed by atoms with van der Waals surface area (Å²) in [5, 5.41) is 22.7. The van der Waals surface area contributed by atoms with Gasteiger partial charge in [0.2, 0.25) is 0 Å². The van der Waals surface area contributed by atoms with Crippen molar-refractivity contribution in [2.45, 2.75) is 0 Å². The Balaban J connectivity index is 2.65. The van der Waals surface area contributed by atoms with Gasteiger partial charge < -0.3 is 4.98 Å². The molecule has 0 aliphatic heterocycles. The maximum absolute atomic E-state index is 12.3. The number of nitro groups is 2. The van der Waals surface area contributed by atoms with Crippen LogP contribution in [0.15, 0.2) is 41.3 Å². The van der Waals surface area contributed by atoms with Crippen molar-refractivity contribution in [3.63, 3.8) is 0 Å². The van der Waals surface area contributed by atoms with Gasteiger partial charge in [-0.1, -0.05) is 12.1 Å². The van der Waals surface area contributed by atoms with Crippen molar-refractivity contribution >= 4 is 33.1 Å². The normalized spacial score (nSPS) is 10.9. The van der Waals surface area contributed by atoms with Gasteiger partial charge in [-0.15, -0.1) is 0 Å². The Bertz CT molecular complexity index is 977. The lowest BCUT2D eigenvalue weighted by atomic mass is 10.0. The van der Waals surface area contributed by atoms with Crippen molar-refractivity contribution in [2.75, 3.05) is 0 Å². The molecule has 0 aliphatic carbocycles. The monoisotopic (exact) mass is 285 g/mol. The van der Waals surface area contributed by atoms with Crippen molar-refractivity contribution < 1.29 is 9.85 Å². The Kier molecular flexibility index (Phi) is 2.65. The van der Waals surface area contributed by atoms with Gasteiger partial charge in [0.1, 0.15) is 0 Å². The highest BCUT2D eigenvalue weighted by molar-refractivity contribution is 6.09. The van der Waals surface area contributed by atoms with Gasteiger partial charge in [0, 0.05) is 6.20 Å². The number of nitrogens with zero attached hydrogens (tertiary/aromatic N) is 2. The Labute approximate surface area is 115 Å². The van der Waals surface area contributed by atoms with Gasteiger partial charge in [0.15, 0.2) is 0 Å². The molecule has 3 rings (SSSR count). The zero-order valence-corrected chi connectivity index (χ0v) is 10.4. The summed E-state index contributed by atoms with van der Waals surface area (Å²) < 4.78 is 0. The predicted molar refractivity (Wildman–Crippen MR) is 75.4 cm³/mol. The fourth-order valence-corrected chi connectivity index (χ4v) is 2.33. The van der Waals surface area contributed by atoms with Crippen molar-refractivity contribution in [1.82, 2.24) is 4.98 Å². The number of aromatic amines is 1. The van der Waals surface area contributed by atoms with Crippen LogP contribution in [0.1, 0.15) is 0 Å². The minimum Gasteiger partial charge on any atom is -0.361 e. The third kappa shape index (κ3) is 1.81. The number of nitrogens with one attached hydrogen (secondary N) is 1. The lowest BCUT2D eigenvalue weighted by Gasteiger charge is -2.04. The number of rotatable bonds is 2. The molecule has 2 aromatic carbocycles. The second-order valence-electron chi connectivity index (χ2n) is 4.38. The molecule has 1 heterocycles. The quantitative estimate of drug-likeness (QED) is 0.440. The summed E-state index contributed by atoms with van der Waals surface area (Å²) in [5.41, 5.74) is -1.77. The molecule has 1 N–H and O–H groups in total. The van der Waals surface area contributed by atoms with Crippen molar-refractivity contribution in [1.29, 1.82) is 0 Å². The summed E-state index contributed by atoms with van der Waals surface area (Å²) in [7, 11) is 0. The van der Waals surface area contributed by atoms with Crippen molar-refractivity contribution in [3.05, 3.63) is 67.0 Å². The summed E-state index contributed by atoms with van der Waals surface area (Å²) in [5.74, 6) is 0. The molecule has 21 heavy (non-hydrogen) atoms. The van der Waals surface area contributed by atoms with E-state index in [0.717, 1.165) is 0 Å². The largest absolute Gasteiger partial charge is 0.361 e. The molecule has 0 spiro atoms. The second kappa shape index (κ2) is 4.37. The van der Waals surface area contributed by atoms with Crippen LogP contribution < -0.4 is 5.43 Å². The number of H-pyrrole nitrogens is 1. The van der Waals surface area contributed by atoms with E-state index in [-0.39, 0.29) is 10.8 Å². The molecule has 3 aromatic rings. The van der Waals surface area contributed by atoms with E-state index in [9.17, 15) is 25.0 Å². The summed E-state index contributed by atoms with van der Waals surface area (Å²) in [4.78, 5) is 35.5. The number of nitro benzene ring substituents is 2. The molecule has 0 saturated carbocycles. The third-order valence-corrected chi connectivity index (χ3v) is 3.24. The smallest absolute Gasteiger partial charge is 0.323 e. The van der Waals surface area contributed by atoms with Gasteiger partial charge in [0.05, 0.1) is 32.2 Å². The van der Waals surface area contributed by atoms with Crippen LogP contribution >= 0.6 is 0 Å². The molecular formula is C13H7N3O5. The van der Waals surface area contributed by atoms with E-state index in [1.807, 2.05) is 0 Å². The maximum atomic E-state index is 12.3. The zero-order valence-electron chi connectivity index (χ0n) is 10.4. The molecule has 104 valence electrons. The number of non-ortho nitro benzene ring substituents is 2. The van der Waals surface area contributed by atoms with Gasteiger partial charge in [-0.2, -0.15) is 0 Å². The zero-order chi connectivity index (χ0) is 15.1.